The van der Waals surface area contributed by atoms with E-state index in [2.05, 4.69) is 0 Å². The summed E-state index contributed by atoms with van der Waals surface area (Å²) in [4.78, 5) is 13.4. The first-order valence-electron chi connectivity index (χ1n) is 5.80. The van der Waals surface area contributed by atoms with Crippen LogP contribution in [0.1, 0.15) is 12.8 Å². The average molecular weight is 246 g/mol. The van der Waals surface area contributed by atoms with E-state index in [-0.39, 0.29) is 19.0 Å². The van der Waals surface area contributed by atoms with Crippen LogP contribution >= 0.6 is 0 Å². The number of amides is 1. The monoisotopic (exact) mass is 246 g/mol. The summed E-state index contributed by atoms with van der Waals surface area (Å²) in [6, 6.07) is 0. The minimum atomic E-state index is -0.852. The van der Waals surface area contributed by atoms with Crippen molar-refractivity contribution in [3.05, 3.63) is 0 Å². The Morgan fingerprint density at radius 3 is 2.65 bits per heavy atom. The van der Waals surface area contributed by atoms with Crippen LogP contribution in [0.4, 0.5) is 0 Å². The molecule has 100 valence electrons. The molecule has 0 aromatic carbocycles. The second-order valence-electron chi connectivity index (χ2n) is 4.49. The van der Waals surface area contributed by atoms with Gasteiger partial charge in [-0.3, -0.25) is 4.79 Å². The number of likely N-dealkylation sites (N-methyl/N-ethyl adjacent to an activating group) is 1. The van der Waals surface area contributed by atoms with Gasteiger partial charge in [-0.1, -0.05) is 0 Å². The summed E-state index contributed by atoms with van der Waals surface area (Å²) in [5.41, 5.74) is 4.58. The molecule has 17 heavy (non-hydrogen) atoms. The minimum absolute atomic E-state index is 0.140. The van der Waals surface area contributed by atoms with E-state index in [1.54, 1.807) is 7.05 Å². The molecule has 6 heteroatoms. The van der Waals surface area contributed by atoms with Gasteiger partial charge in [0.05, 0.1) is 5.60 Å². The lowest BCUT2D eigenvalue weighted by Gasteiger charge is -2.36. The highest BCUT2D eigenvalue weighted by Gasteiger charge is 2.33. The van der Waals surface area contributed by atoms with E-state index in [0.29, 0.717) is 26.1 Å². The molecular formula is C11H22N2O4. The van der Waals surface area contributed by atoms with Crippen molar-refractivity contribution in [2.24, 2.45) is 5.73 Å². The van der Waals surface area contributed by atoms with Gasteiger partial charge in [0.25, 0.3) is 5.91 Å². The first-order valence-corrected chi connectivity index (χ1v) is 5.80. The molecule has 0 aromatic heterocycles. The fourth-order valence-electron chi connectivity index (χ4n) is 1.97. The summed E-state index contributed by atoms with van der Waals surface area (Å²) in [6.45, 7) is 1.49. The van der Waals surface area contributed by atoms with Gasteiger partial charge in [-0.15, -0.1) is 0 Å². The second kappa shape index (κ2) is 6.30. The van der Waals surface area contributed by atoms with Crippen LogP contribution in [0, 0.1) is 0 Å². The van der Waals surface area contributed by atoms with Crippen LogP contribution in [-0.2, 0) is 14.3 Å². The summed E-state index contributed by atoms with van der Waals surface area (Å²) in [5, 5.41) is 10.3. The molecule has 1 fully saturated rings. The van der Waals surface area contributed by atoms with Gasteiger partial charge < -0.3 is 25.2 Å². The maximum absolute atomic E-state index is 11.9. The summed E-state index contributed by atoms with van der Waals surface area (Å²) in [6.07, 6.45) is 0.457. The Hall–Kier alpha value is -0.690. The first kappa shape index (κ1) is 14.4. The van der Waals surface area contributed by atoms with Gasteiger partial charge in [0, 0.05) is 53.3 Å². The highest BCUT2D eigenvalue weighted by Crippen LogP contribution is 2.21. The third-order valence-corrected chi connectivity index (χ3v) is 3.11. The van der Waals surface area contributed by atoms with Crippen molar-refractivity contribution in [3.8, 4) is 0 Å². The predicted octanol–water partition coefficient (Wildman–Crippen LogP) is -1.04. The van der Waals surface area contributed by atoms with Crippen LogP contribution in [0.15, 0.2) is 0 Å². The Kier molecular flexibility index (Phi) is 5.32. The molecule has 0 bridgehead atoms. The molecule has 1 atom stereocenters. The van der Waals surface area contributed by atoms with Gasteiger partial charge in [0.15, 0.2) is 0 Å². The number of rotatable bonds is 5. The molecule has 1 unspecified atom stereocenters. The number of hydrogen-bond donors (Lipinski definition) is 2. The van der Waals surface area contributed by atoms with E-state index in [4.69, 9.17) is 15.2 Å². The standard InChI is InChI=1S/C11H22N2O4/c1-13(10(14)9(7-12)16-2)8-11(15)3-5-17-6-4-11/h9,15H,3-8,12H2,1-2H3. The number of carbonyl (C=O) groups excluding carboxylic acids is 1. The summed E-state index contributed by atoms with van der Waals surface area (Å²) >= 11 is 0. The van der Waals surface area contributed by atoms with Gasteiger partial charge >= 0.3 is 0 Å². The maximum Gasteiger partial charge on any atom is 0.252 e. The van der Waals surface area contributed by atoms with Crippen molar-refractivity contribution in [1.82, 2.24) is 4.90 Å². The number of nitrogens with two attached hydrogens (primary N) is 1. The van der Waals surface area contributed by atoms with E-state index in [1.807, 2.05) is 0 Å². The molecule has 1 rings (SSSR count). The number of hydrogen-bond acceptors (Lipinski definition) is 5. The van der Waals surface area contributed by atoms with Crippen LogP contribution in [-0.4, -0.2) is 68.1 Å². The number of aliphatic hydroxyl groups is 1. The molecule has 0 saturated carbocycles. The van der Waals surface area contributed by atoms with Gasteiger partial charge in [0.2, 0.25) is 0 Å². The predicted molar refractivity (Wildman–Crippen MR) is 62.5 cm³/mol. The van der Waals surface area contributed by atoms with Gasteiger partial charge in [-0.2, -0.15) is 0 Å². The second-order valence-corrected chi connectivity index (χ2v) is 4.49. The fraction of sp³-hybridized carbons (Fsp3) is 0.909. The van der Waals surface area contributed by atoms with E-state index in [1.165, 1.54) is 12.0 Å². The Balaban J connectivity index is 2.52. The lowest BCUT2D eigenvalue weighted by atomic mass is 9.94. The zero-order chi connectivity index (χ0) is 12.9. The Morgan fingerprint density at radius 2 is 2.18 bits per heavy atom. The molecule has 1 aliphatic heterocycles. The van der Waals surface area contributed by atoms with Crippen molar-refractivity contribution >= 4 is 5.91 Å². The topological polar surface area (TPSA) is 85.0 Å². The summed E-state index contributed by atoms with van der Waals surface area (Å²) < 4.78 is 10.2. The highest BCUT2D eigenvalue weighted by molar-refractivity contribution is 5.81. The zero-order valence-electron chi connectivity index (χ0n) is 10.5. The van der Waals surface area contributed by atoms with Crippen molar-refractivity contribution in [2.45, 2.75) is 24.5 Å². The van der Waals surface area contributed by atoms with E-state index in [0.717, 1.165) is 0 Å². The summed E-state index contributed by atoms with van der Waals surface area (Å²) in [5.74, 6) is -0.199. The number of ether oxygens (including phenoxy) is 2. The van der Waals surface area contributed by atoms with Crippen molar-refractivity contribution in [3.63, 3.8) is 0 Å². The quantitative estimate of drug-likeness (QED) is 0.647. The Morgan fingerprint density at radius 1 is 1.59 bits per heavy atom. The molecule has 0 radical (unpaired) electrons. The fourth-order valence-corrected chi connectivity index (χ4v) is 1.97. The van der Waals surface area contributed by atoms with Crippen LogP contribution in [0.3, 0.4) is 0 Å². The molecule has 1 saturated heterocycles. The lowest BCUT2D eigenvalue weighted by molar-refractivity contribution is -0.146. The normalized spacial score (nSPS) is 20.9. The lowest BCUT2D eigenvalue weighted by Crippen LogP contribution is -2.50. The smallest absolute Gasteiger partial charge is 0.252 e. The molecule has 0 aliphatic carbocycles. The molecule has 3 N–H and O–H groups in total. The summed E-state index contributed by atoms with van der Waals surface area (Å²) in [7, 11) is 3.10. The molecular weight excluding hydrogens is 224 g/mol. The number of methoxy groups -OCH3 is 1. The SMILES string of the molecule is COC(CN)C(=O)N(C)CC1(O)CCOCC1. The van der Waals surface area contributed by atoms with Crippen molar-refractivity contribution in [2.75, 3.05) is 40.5 Å². The van der Waals surface area contributed by atoms with Crippen LogP contribution in [0.2, 0.25) is 0 Å². The Bertz CT molecular complexity index is 250. The van der Waals surface area contributed by atoms with Crippen molar-refractivity contribution < 1.29 is 19.4 Å². The third-order valence-electron chi connectivity index (χ3n) is 3.11. The van der Waals surface area contributed by atoms with E-state index in [9.17, 15) is 9.90 Å². The largest absolute Gasteiger partial charge is 0.388 e. The number of carbonyl (C=O) groups is 1. The number of nitrogens with zero attached hydrogens (tertiary/aromatic N) is 1. The van der Waals surface area contributed by atoms with E-state index < -0.39 is 11.7 Å². The maximum atomic E-state index is 11.9. The molecule has 0 aromatic rings. The molecule has 1 heterocycles. The van der Waals surface area contributed by atoms with Gasteiger partial charge in [-0.05, 0) is 0 Å². The first-order chi connectivity index (χ1) is 8.02. The van der Waals surface area contributed by atoms with Crippen LogP contribution < -0.4 is 5.73 Å². The van der Waals surface area contributed by atoms with Crippen LogP contribution in [0.25, 0.3) is 0 Å². The van der Waals surface area contributed by atoms with Gasteiger partial charge in [-0.25, -0.2) is 0 Å². The van der Waals surface area contributed by atoms with Gasteiger partial charge in [0.1, 0.15) is 6.10 Å². The average Bonchev–Trinajstić information content (AvgIpc) is 2.30. The zero-order valence-corrected chi connectivity index (χ0v) is 10.5. The minimum Gasteiger partial charge on any atom is -0.388 e. The highest BCUT2D eigenvalue weighted by atomic mass is 16.5. The van der Waals surface area contributed by atoms with E-state index >= 15 is 0 Å². The molecule has 1 aliphatic rings. The molecule has 6 nitrogen and oxygen atoms in total. The third kappa shape index (κ3) is 3.92. The molecule has 0 spiro atoms. The van der Waals surface area contributed by atoms with Crippen molar-refractivity contribution in [1.29, 1.82) is 0 Å². The molecule has 1 amide bonds. The Labute approximate surface area is 102 Å². The van der Waals surface area contributed by atoms with Crippen LogP contribution in [0.5, 0.6) is 0 Å².